The molecular formula is C21H32FP. The fraction of sp³-hybridized carbons (Fsp3) is 0.524. The van der Waals surface area contributed by atoms with Gasteiger partial charge < -0.3 is 0 Å². The molecule has 0 aliphatic heterocycles. The van der Waals surface area contributed by atoms with E-state index in [4.69, 9.17) is 0 Å². The molecule has 0 heterocycles. The van der Waals surface area contributed by atoms with Gasteiger partial charge in [0.15, 0.2) is 0 Å². The first-order chi connectivity index (χ1) is 10.4. The van der Waals surface area contributed by atoms with Crippen molar-refractivity contribution in [2.75, 3.05) is 6.16 Å². The fourth-order valence-electron chi connectivity index (χ4n) is 3.06. The second-order valence-electron chi connectivity index (χ2n) is 8.29. The largest absolute Gasteiger partial charge is 0.206 e. The Balaban J connectivity index is 3.15. The molecule has 0 aliphatic carbocycles. The van der Waals surface area contributed by atoms with Gasteiger partial charge in [0, 0.05) is 11.1 Å². The minimum absolute atomic E-state index is 0.149. The van der Waals surface area contributed by atoms with Gasteiger partial charge in [-0.15, -0.1) is 0 Å². The van der Waals surface area contributed by atoms with Crippen LogP contribution in [0.15, 0.2) is 30.9 Å². The first-order valence-electron chi connectivity index (χ1n) is 8.25. The minimum Gasteiger partial charge on any atom is -0.206 e. The number of hydrogen-bond acceptors (Lipinski definition) is 0. The molecule has 0 radical (unpaired) electrons. The zero-order valence-corrected chi connectivity index (χ0v) is 16.9. The number of allylic oxidation sites excluding steroid dienone is 3. The van der Waals surface area contributed by atoms with Crippen molar-refractivity contribution in [1.82, 2.24) is 0 Å². The Hall–Kier alpha value is -0.940. The van der Waals surface area contributed by atoms with Gasteiger partial charge in [-0.1, -0.05) is 80.3 Å². The van der Waals surface area contributed by atoms with Crippen LogP contribution in [-0.2, 0) is 0 Å². The first-order valence-corrected chi connectivity index (χ1v) is 9.77. The van der Waals surface area contributed by atoms with Crippen molar-refractivity contribution in [1.29, 1.82) is 0 Å². The zero-order chi connectivity index (χ0) is 18.0. The molecule has 2 heteroatoms. The topological polar surface area (TPSA) is 0 Å². The summed E-state index contributed by atoms with van der Waals surface area (Å²) in [6, 6.07) is 5.58. The van der Waals surface area contributed by atoms with Gasteiger partial charge in [0.2, 0.25) is 0 Å². The first kappa shape index (κ1) is 20.1. The van der Waals surface area contributed by atoms with Crippen LogP contribution in [0.3, 0.4) is 0 Å². The number of hydrogen-bond donors (Lipinski definition) is 0. The molecule has 1 aromatic carbocycles. The molecule has 0 atom stereocenters. The Morgan fingerprint density at radius 2 is 1.52 bits per heavy atom. The molecule has 0 spiro atoms. The molecule has 1 rings (SSSR count). The van der Waals surface area contributed by atoms with Crippen LogP contribution in [-0.4, -0.2) is 16.5 Å². The van der Waals surface area contributed by atoms with Gasteiger partial charge in [0.05, 0.1) is 0 Å². The molecule has 1 aromatic rings. The smallest absolute Gasteiger partial charge is 0.138 e. The van der Waals surface area contributed by atoms with Crippen molar-refractivity contribution in [3.8, 4) is 0 Å². The molecule has 0 saturated carbocycles. The lowest BCUT2D eigenvalue weighted by molar-refractivity contribution is 0.620. The summed E-state index contributed by atoms with van der Waals surface area (Å²) in [6.07, 6.45) is 3.24. The molecule has 0 nitrogen and oxygen atoms in total. The van der Waals surface area contributed by atoms with Crippen molar-refractivity contribution in [2.45, 2.75) is 65.7 Å². The van der Waals surface area contributed by atoms with Gasteiger partial charge in [-0.2, -0.15) is 0 Å². The molecule has 0 aliphatic rings. The van der Waals surface area contributed by atoms with Crippen molar-refractivity contribution in [3.05, 3.63) is 47.8 Å². The van der Waals surface area contributed by atoms with Gasteiger partial charge in [-0.05, 0) is 41.5 Å². The van der Waals surface area contributed by atoms with Gasteiger partial charge in [0.1, 0.15) is 5.82 Å². The Morgan fingerprint density at radius 1 is 1.04 bits per heavy atom. The SMILES string of the molecule is C=C(C)c1cccc(/C(C)=C/CP(C(C)(C)C)C(C)(C)C)c1F. The predicted octanol–water partition coefficient (Wildman–Crippen LogP) is 7.34. The number of rotatable bonds is 4. The summed E-state index contributed by atoms with van der Waals surface area (Å²) in [5.74, 6) is -0.149. The minimum atomic E-state index is -0.212. The molecule has 0 fully saturated rings. The van der Waals surface area contributed by atoms with E-state index in [0.717, 1.165) is 17.3 Å². The van der Waals surface area contributed by atoms with Crippen LogP contribution >= 0.6 is 7.92 Å². The van der Waals surface area contributed by atoms with Crippen LogP contribution in [0, 0.1) is 5.82 Å². The van der Waals surface area contributed by atoms with Crippen molar-refractivity contribution in [2.24, 2.45) is 0 Å². The summed E-state index contributed by atoms with van der Waals surface area (Å²) in [4.78, 5) is 0. The Kier molecular flexibility index (Phi) is 6.39. The van der Waals surface area contributed by atoms with E-state index in [-0.39, 0.29) is 24.1 Å². The summed E-state index contributed by atoms with van der Waals surface area (Å²) < 4.78 is 14.7. The molecule has 0 saturated heterocycles. The molecule has 0 bridgehead atoms. The monoisotopic (exact) mass is 334 g/mol. The molecule has 0 N–H and O–H groups in total. The lowest BCUT2D eigenvalue weighted by Gasteiger charge is -2.41. The van der Waals surface area contributed by atoms with Gasteiger partial charge in [-0.25, -0.2) is 4.39 Å². The molecule has 128 valence electrons. The lowest BCUT2D eigenvalue weighted by Crippen LogP contribution is -2.26. The van der Waals surface area contributed by atoms with E-state index in [1.165, 1.54) is 0 Å². The molecule has 0 aromatic heterocycles. The number of benzene rings is 1. The third-order valence-electron chi connectivity index (χ3n) is 4.08. The zero-order valence-electron chi connectivity index (χ0n) is 16.0. The summed E-state index contributed by atoms with van der Waals surface area (Å²) in [6.45, 7) is 21.6. The Bertz CT molecular complexity index is 583. The van der Waals surface area contributed by atoms with E-state index in [0.29, 0.717) is 11.1 Å². The highest BCUT2D eigenvalue weighted by molar-refractivity contribution is 7.61. The summed E-state index contributed by atoms with van der Waals surface area (Å²) in [5, 5.41) is 0.560. The highest BCUT2D eigenvalue weighted by atomic mass is 31.1. The second kappa shape index (κ2) is 7.31. The normalized spacial score (nSPS) is 13.6. The quantitative estimate of drug-likeness (QED) is 0.505. The third-order valence-corrected chi connectivity index (χ3v) is 7.87. The maximum Gasteiger partial charge on any atom is 0.138 e. The van der Waals surface area contributed by atoms with Crippen LogP contribution < -0.4 is 0 Å². The lowest BCUT2D eigenvalue weighted by atomic mass is 10.00. The van der Waals surface area contributed by atoms with Gasteiger partial charge in [0.25, 0.3) is 0 Å². The van der Waals surface area contributed by atoms with E-state index >= 15 is 0 Å². The Labute approximate surface area is 143 Å². The van der Waals surface area contributed by atoms with Crippen LogP contribution in [0.1, 0.15) is 66.5 Å². The van der Waals surface area contributed by atoms with Gasteiger partial charge >= 0.3 is 0 Å². The van der Waals surface area contributed by atoms with E-state index in [2.05, 4.69) is 54.2 Å². The molecule has 0 amide bonds. The number of halogens is 1. The average molecular weight is 334 g/mol. The van der Waals surface area contributed by atoms with Crippen LogP contribution in [0.25, 0.3) is 11.1 Å². The van der Waals surface area contributed by atoms with Crippen molar-refractivity contribution >= 4 is 19.1 Å². The highest BCUT2D eigenvalue weighted by Gasteiger charge is 2.33. The molecule has 23 heavy (non-hydrogen) atoms. The Morgan fingerprint density at radius 3 is 1.96 bits per heavy atom. The van der Waals surface area contributed by atoms with E-state index < -0.39 is 0 Å². The predicted molar refractivity (Wildman–Crippen MR) is 106 cm³/mol. The van der Waals surface area contributed by atoms with Crippen LogP contribution in [0.2, 0.25) is 0 Å². The maximum absolute atomic E-state index is 14.7. The molecular weight excluding hydrogens is 302 g/mol. The maximum atomic E-state index is 14.7. The van der Waals surface area contributed by atoms with E-state index in [9.17, 15) is 4.39 Å². The summed E-state index contributed by atoms with van der Waals surface area (Å²) in [7, 11) is -0.212. The summed E-state index contributed by atoms with van der Waals surface area (Å²) >= 11 is 0. The van der Waals surface area contributed by atoms with Crippen molar-refractivity contribution < 1.29 is 4.39 Å². The second-order valence-corrected chi connectivity index (χ2v) is 12.2. The van der Waals surface area contributed by atoms with Crippen LogP contribution in [0.5, 0.6) is 0 Å². The highest BCUT2D eigenvalue weighted by Crippen LogP contribution is 2.59. The van der Waals surface area contributed by atoms with E-state index in [1.54, 1.807) is 6.07 Å². The third kappa shape index (κ3) is 5.28. The van der Waals surface area contributed by atoms with Crippen molar-refractivity contribution in [3.63, 3.8) is 0 Å². The van der Waals surface area contributed by atoms with Crippen LogP contribution in [0.4, 0.5) is 4.39 Å². The standard InChI is InChI=1S/C21H32FP/c1-15(2)17-11-10-12-18(19(17)22)16(3)13-14-23(20(4,5)6)21(7,8)9/h10-13H,1,14H2,2-9H3/b16-13+. The van der Waals surface area contributed by atoms with Gasteiger partial charge in [-0.3, -0.25) is 0 Å². The molecule has 0 unspecified atom stereocenters. The van der Waals surface area contributed by atoms with E-state index in [1.807, 2.05) is 26.0 Å². The fourth-order valence-corrected chi connectivity index (χ4v) is 6.62. The summed E-state index contributed by atoms with van der Waals surface area (Å²) in [5.41, 5.74) is 3.10. The average Bonchev–Trinajstić information content (AvgIpc) is 2.35.